The first-order valence-corrected chi connectivity index (χ1v) is 15.0. The molecule has 1 atom stereocenters. The van der Waals surface area contributed by atoms with Crippen molar-refractivity contribution >= 4 is 23.2 Å². The normalized spacial score (nSPS) is 18.6. The molecule has 1 aromatic heterocycles. The van der Waals surface area contributed by atoms with Gasteiger partial charge in [0, 0.05) is 57.0 Å². The van der Waals surface area contributed by atoms with Crippen LogP contribution in [0.3, 0.4) is 0 Å². The number of rotatable bonds is 11. The summed E-state index contributed by atoms with van der Waals surface area (Å²) in [6, 6.07) is 13.2. The average molecular weight is 510 g/mol. The number of carbonyl (C=O) groups excluding carboxylic acids is 2. The van der Waals surface area contributed by atoms with Gasteiger partial charge in [-0.3, -0.25) is 14.5 Å². The van der Waals surface area contributed by atoms with E-state index in [0.717, 1.165) is 51.9 Å². The molecule has 1 aromatic carbocycles. The molecule has 1 saturated heterocycles. The van der Waals surface area contributed by atoms with E-state index in [2.05, 4.69) is 53.6 Å². The first kappa shape index (κ1) is 26.9. The lowest BCUT2D eigenvalue weighted by molar-refractivity contribution is -0.133. The van der Waals surface area contributed by atoms with Crippen molar-refractivity contribution in [3.05, 3.63) is 57.8 Å². The van der Waals surface area contributed by atoms with Gasteiger partial charge in [-0.2, -0.15) is 0 Å². The molecule has 36 heavy (non-hydrogen) atoms. The largest absolute Gasteiger partial charge is 0.341 e. The summed E-state index contributed by atoms with van der Waals surface area (Å²) in [7, 11) is 0. The van der Waals surface area contributed by atoms with Gasteiger partial charge < -0.3 is 9.80 Å². The van der Waals surface area contributed by atoms with Gasteiger partial charge in [0.25, 0.3) is 0 Å². The Bertz CT molecular complexity index is 960. The fourth-order valence-corrected chi connectivity index (χ4v) is 6.57. The second-order valence-corrected chi connectivity index (χ2v) is 11.3. The molecule has 1 unspecified atom stereocenters. The molecule has 2 amide bonds. The Hall–Kier alpha value is -2.18. The van der Waals surface area contributed by atoms with E-state index < -0.39 is 0 Å². The number of benzene rings is 1. The lowest BCUT2D eigenvalue weighted by Gasteiger charge is -2.36. The second kappa shape index (κ2) is 13.9. The summed E-state index contributed by atoms with van der Waals surface area (Å²) in [4.78, 5) is 33.9. The minimum Gasteiger partial charge on any atom is -0.341 e. The van der Waals surface area contributed by atoms with Crippen molar-refractivity contribution in [2.24, 2.45) is 0 Å². The van der Waals surface area contributed by atoms with Gasteiger partial charge in [0.05, 0.1) is 6.04 Å². The summed E-state index contributed by atoms with van der Waals surface area (Å²) >= 11 is 1.85. The molecule has 5 nitrogen and oxygen atoms in total. The molecule has 2 aliphatic heterocycles. The van der Waals surface area contributed by atoms with E-state index in [4.69, 9.17) is 0 Å². The highest BCUT2D eigenvalue weighted by atomic mass is 32.1. The van der Waals surface area contributed by atoms with Gasteiger partial charge in [0.2, 0.25) is 11.8 Å². The highest BCUT2D eigenvalue weighted by Crippen LogP contribution is 2.37. The lowest BCUT2D eigenvalue weighted by Crippen LogP contribution is -2.40. The van der Waals surface area contributed by atoms with E-state index in [0.29, 0.717) is 25.9 Å². The third kappa shape index (κ3) is 7.19. The molecule has 196 valence electrons. The van der Waals surface area contributed by atoms with Crippen LogP contribution >= 0.6 is 11.3 Å². The molecule has 2 aliphatic rings. The van der Waals surface area contributed by atoms with Gasteiger partial charge in [-0.1, -0.05) is 69.4 Å². The van der Waals surface area contributed by atoms with Crippen LogP contribution < -0.4 is 0 Å². The van der Waals surface area contributed by atoms with Crippen LogP contribution in [-0.2, 0) is 16.0 Å². The number of hydrogen-bond acceptors (Lipinski definition) is 4. The third-order valence-electron chi connectivity index (χ3n) is 7.74. The Morgan fingerprint density at radius 2 is 1.53 bits per heavy atom. The Morgan fingerprint density at radius 1 is 0.833 bits per heavy atom. The monoisotopic (exact) mass is 509 g/mol. The molecule has 0 spiro atoms. The lowest BCUT2D eigenvalue weighted by atomic mass is 9.93. The van der Waals surface area contributed by atoms with Gasteiger partial charge in [-0.25, -0.2) is 0 Å². The quantitative estimate of drug-likeness (QED) is 0.354. The molecular weight excluding hydrogens is 466 g/mol. The maximum absolute atomic E-state index is 13.2. The number of unbranched alkanes of at least 4 members (excludes halogenated alkanes) is 5. The Morgan fingerprint density at radius 3 is 2.28 bits per heavy atom. The fourth-order valence-electron chi connectivity index (χ4n) is 5.66. The van der Waals surface area contributed by atoms with Gasteiger partial charge in [0.15, 0.2) is 0 Å². The summed E-state index contributed by atoms with van der Waals surface area (Å²) in [6.07, 6.45) is 10.3. The zero-order chi connectivity index (χ0) is 25.2. The number of hydrogen-bond donors (Lipinski definition) is 0. The van der Waals surface area contributed by atoms with Crippen molar-refractivity contribution in [3.63, 3.8) is 0 Å². The number of amides is 2. The number of fused-ring (bicyclic) bond motifs is 1. The second-order valence-electron chi connectivity index (χ2n) is 10.3. The van der Waals surface area contributed by atoms with E-state index in [9.17, 15) is 9.59 Å². The summed E-state index contributed by atoms with van der Waals surface area (Å²) in [5.41, 5.74) is 2.71. The van der Waals surface area contributed by atoms with Crippen molar-refractivity contribution in [3.8, 4) is 0 Å². The van der Waals surface area contributed by atoms with Gasteiger partial charge in [-0.05, 0) is 41.8 Å². The first-order chi connectivity index (χ1) is 17.7. The van der Waals surface area contributed by atoms with E-state index in [-0.39, 0.29) is 17.9 Å². The molecule has 0 bridgehead atoms. The van der Waals surface area contributed by atoms with E-state index >= 15 is 0 Å². The van der Waals surface area contributed by atoms with Crippen molar-refractivity contribution in [1.29, 1.82) is 0 Å². The van der Waals surface area contributed by atoms with E-state index in [1.165, 1.54) is 41.7 Å². The number of thiophene rings is 1. The zero-order valence-corrected chi connectivity index (χ0v) is 22.8. The third-order valence-corrected chi connectivity index (χ3v) is 8.74. The Balaban J connectivity index is 1.25. The standard InChI is InChI=1S/C30H43N3O2S/c1-2-3-4-5-6-10-14-28(34)31-18-11-19-32(23-22-31)29(35)16-21-33-20-15-27-26(17-24-36-27)30(33)25-12-8-7-9-13-25/h7-9,12-13,17,24,30H,2-6,10-11,14-16,18-23H2,1H3. The Kier molecular flexibility index (Phi) is 10.4. The molecule has 0 aliphatic carbocycles. The van der Waals surface area contributed by atoms with Crippen molar-refractivity contribution in [2.75, 3.05) is 39.3 Å². The summed E-state index contributed by atoms with van der Waals surface area (Å²) in [6.45, 7) is 6.86. The van der Waals surface area contributed by atoms with Gasteiger partial charge in [0.1, 0.15) is 0 Å². The maximum atomic E-state index is 13.2. The van der Waals surface area contributed by atoms with Crippen LogP contribution in [0, 0.1) is 0 Å². The van der Waals surface area contributed by atoms with Gasteiger partial charge in [-0.15, -0.1) is 11.3 Å². The van der Waals surface area contributed by atoms with Crippen LogP contribution in [0.5, 0.6) is 0 Å². The van der Waals surface area contributed by atoms with Gasteiger partial charge >= 0.3 is 0 Å². The van der Waals surface area contributed by atoms with E-state index in [1.54, 1.807) is 0 Å². The summed E-state index contributed by atoms with van der Waals surface area (Å²) < 4.78 is 0. The molecule has 4 rings (SSSR count). The minimum absolute atomic E-state index is 0.225. The molecular formula is C30H43N3O2S. The molecule has 3 heterocycles. The van der Waals surface area contributed by atoms with E-state index in [1.807, 2.05) is 21.1 Å². The number of carbonyl (C=O) groups is 2. The van der Waals surface area contributed by atoms with Crippen molar-refractivity contribution < 1.29 is 9.59 Å². The smallest absolute Gasteiger partial charge is 0.223 e. The van der Waals surface area contributed by atoms with Crippen molar-refractivity contribution in [2.45, 2.75) is 77.2 Å². The van der Waals surface area contributed by atoms with Crippen LogP contribution in [0.15, 0.2) is 41.8 Å². The predicted octanol–water partition coefficient (Wildman–Crippen LogP) is 5.90. The molecule has 0 N–H and O–H groups in total. The fraction of sp³-hybridized carbons (Fsp3) is 0.600. The molecule has 0 radical (unpaired) electrons. The zero-order valence-electron chi connectivity index (χ0n) is 22.0. The first-order valence-electron chi connectivity index (χ1n) is 14.1. The number of nitrogens with zero attached hydrogens (tertiary/aromatic N) is 3. The summed E-state index contributed by atoms with van der Waals surface area (Å²) in [5.74, 6) is 0.494. The summed E-state index contributed by atoms with van der Waals surface area (Å²) in [5, 5.41) is 2.20. The highest BCUT2D eigenvalue weighted by Gasteiger charge is 2.30. The Labute approximate surface area is 221 Å². The molecule has 2 aromatic rings. The average Bonchev–Trinajstić information content (AvgIpc) is 3.24. The molecule has 0 saturated carbocycles. The molecule has 6 heteroatoms. The van der Waals surface area contributed by atoms with Crippen LogP contribution in [0.2, 0.25) is 0 Å². The van der Waals surface area contributed by atoms with Crippen LogP contribution in [0.4, 0.5) is 0 Å². The van der Waals surface area contributed by atoms with Crippen LogP contribution in [0.25, 0.3) is 0 Å². The predicted molar refractivity (Wildman–Crippen MR) is 148 cm³/mol. The van der Waals surface area contributed by atoms with Crippen LogP contribution in [0.1, 0.15) is 86.8 Å². The van der Waals surface area contributed by atoms with Crippen molar-refractivity contribution in [1.82, 2.24) is 14.7 Å². The molecule has 1 fully saturated rings. The maximum Gasteiger partial charge on any atom is 0.223 e. The van der Waals surface area contributed by atoms with Crippen LogP contribution in [-0.4, -0.2) is 65.8 Å². The SMILES string of the molecule is CCCCCCCCC(=O)N1CCCN(C(=O)CCN2CCc3sccc3C2c2ccccc2)CC1. The highest BCUT2D eigenvalue weighted by molar-refractivity contribution is 7.10. The topological polar surface area (TPSA) is 43.9 Å². The minimum atomic E-state index is 0.225.